The van der Waals surface area contributed by atoms with E-state index >= 15 is 0 Å². The van der Waals surface area contributed by atoms with Gasteiger partial charge in [0.25, 0.3) is 12.3 Å². The molecule has 0 aromatic rings. The molecule has 0 spiro atoms. The van der Waals surface area contributed by atoms with E-state index in [1.54, 1.807) is 0 Å². The molecular formula is C9H16F2N2O2. The summed E-state index contributed by atoms with van der Waals surface area (Å²) in [5.41, 5.74) is -0.930. The van der Waals surface area contributed by atoms with Gasteiger partial charge in [0.2, 0.25) is 0 Å². The van der Waals surface area contributed by atoms with Crippen LogP contribution in [0.1, 0.15) is 12.8 Å². The molecule has 1 aliphatic heterocycles. The molecule has 0 atom stereocenters. The summed E-state index contributed by atoms with van der Waals surface area (Å²) in [6, 6.07) is 0. The standard InChI is InChI=1S/C9H16F2N2O2/c1-15-9(2-4-12-5-3-9)8(14)13-6-7(10)11/h7,12H,2-6H2,1H3,(H,13,14). The third-order valence-corrected chi connectivity index (χ3v) is 2.63. The first-order chi connectivity index (χ1) is 7.10. The fourth-order valence-corrected chi connectivity index (χ4v) is 1.69. The average molecular weight is 222 g/mol. The van der Waals surface area contributed by atoms with Gasteiger partial charge in [-0.15, -0.1) is 0 Å². The Bertz CT molecular complexity index is 218. The number of hydrogen-bond donors (Lipinski definition) is 2. The first kappa shape index (κ1) is 12.3. The minimum absolute atomic E-state index is 0.438. The fourth-order valence-electron chi connectivity index (χ4n) is 1.69. The third-order valence-electron chi connectivity index (χ3n) is 2.63. The lowest BCUT2D eigenvalue weighted by Gasteiger charge is -2.34. The number of methoxy groups -OCH3 is 1. The van der Waals surface area contributed by atoms with Gasteiger partial charge in [-0.25, -0.2) is 8.78 Å². The van der Waals surface area contributed by atoms with Gasteiger partial charge in [-0.3, -0.25) is 4.79 Å². The highest BCUT2D eigenvalue weighted by atomic mass is 19.3. The van der Waals surface area contributed by atoms with Gasteiger partial charge >= 0.3 is 0 Å². The second-order valence-electron chi connectivity index (χ2n) is 3.55. The summed E-state index contributed by atoms with van der Waals surface area (Å²) in [6.45, 7) is 0.712. The molecule has 1 amide bonds. The van der Waals surface area contributed by atoms with Crippen LogP contribution in [0.2, 0.25) is 0 Å². The number of carbonyl (C=O) groups excluding carboxylic acids is 1. The van der Waals surface area contributed by atoms with E-state index in [1.165, 1.54) is 7.11 Å². The molecule has 1 heterocycles. The highest BCUT2D eigenvalue weighted by Crippen LogP contribution is 2.22. The monoisotopic (exact) mass is 222 g/mol. The maximum absolute atomic E-state index is 11.9. The predicted octanol–water partition coefficient (Wildman–Crippen LogP) is 0.136. The Hall–Kier alpha value is -0.750. The van der Waals surface area contributed by atoms with Crippen LogP contribution >= 0.6 is 0 Å². The first-order valence-electron chi connectivity index (χ1n) is 4.93. The van der Waals surface area contributed by atoms with Crippen LogP contribution in [0.5, 0.6) is 0 Å². The van der Waals surface area contributed by atoms with Crippen molar-refractivity contribution in [2.75, 3.05) is 26.7 Å². The van der Waals surface area contributed by atoms with Crippen molar-refractivity contribution in [3.63, 3.8) is 0 Å². The number of carbonyl (C=O) groups is 1. The van der Waals surface area contributed by atoms with Crippen LogP contribution in [0.25, 0.3) is 0 Å². The predicted molar refractivity (Wildman–Crippen MR) is 50.9 cm³/mol. The molecule has 1 rings (SSSR count). The number of hydrogen-bond acceptors (Lipinski definition) is 3. The summed E-state index contributed by atoms with van der Waals surface area (Å²) < 4.78 is 29.0. The summed E-state index contributed by atoms with van der Waals surface area (Å²) in [6.07, 6.45) is -1.50. The quantitative estimate of drug-likeness (QED) is 0.711. The Labute approximate surface area is 87.4 Å². The van der Waals surface area contributed by atoms with Gasteiger partial charge in [-0.05, 0) is 25.9 Å². The number of rotatable bonds is 4. The van der Waals surface area contributed by atoms with Crippen molar-refractivity contribution in [2.24, 2.45) is 0 Å². The van der Waals surface area contributed by atoms with E-state index in [4.69, 9.17) is 4.74 Å². The van der Waals surface area contributed by atoms with E-state index in [9.17, 15) is 13.6 Å². The van der Waals surface area contributed by atoms with Crippen molar-refractivity contribution < 1.29 is 18.3 Å². The van der Waals surface area contributed by atoms with Crippen molar-refractivity contribution in [1.29, 1.82) is 0 Å². The van der Waals surface area contributed by atoms with E-state index < -0.39 is 24.5 Å². The molecule has 1 saturated heterocycles. The Kier molecular flexibility index (Phi) is 4.41. The van der Waals surface area contributed by atoms with Crippen LogP contribution in [0.4, 0.5) is 8.78 Å². The van der Waals surface area contributed by atoms with Gasteiger partial charge in [0, 0.05) is 7.11 Å². The molecule has 0 unspecified atom stereocenters. The molecule has 2 N–H and O–H groups in total. The number of ether oxygens (including phenoxy) is 1. The molecule has 0 aromatic heterocycles. The lowest BCUT2D eigenvalue weighted by molar-refractivity contribution is -0.147. The minimum atomic E-state index is -2.52. The zero-order chi connectivity index (χ0) is 11.3. The molecule has 0 bridgehead atoms. The SMILES string of the molecule is COC1(C(=O)NCC(F)F)CCNCC1. The summed E-state index contributed by atoms with van der Waals surface area (Å²) in [5, 5.41) is 5.29. The molecule has 1 aliphatic rings. The molecule has 0 radical (unpaired) electrons. The average Bonchev–Trinajstić information content (AvgIpc) is 2.26. The molecule has 0 aromatic carbocycles. The van der Waals surface area contributed by atoms with Crippen molar-refractivity contribution in [1.82, 2.24) is 10.6 Å². The van der Waals surface area contributed by atoms with Gasteiger partial charge in [0.05, 0.1) is 6.54 Å². The zero-order valence-electron chi connectivity index (χ0n) is 8.69. The van der Waals surface area contributed by atoms with E-state index in [-0.39, 0.29) is 0 Å². The van der Waals surface area contributed by atoms with E-state index in [2.05, 4.69) is 10.6 Å². The summed E-state index contributed by atoms with van der Waals surface area (Å²) in [4.78, 5) is 11.7. The molecular weight excluding hydrogens is 206 g/mol. The Balaban J connectivity index is 2.52. The molecule has 4 nitrogen and oxygen atoms in total. The van der Waals surface area contributed by atoms with Crippen LogP contribution in [0.3, 0.4) is 0 Å². The smallest absolute Gasteiger partial charge is 0.255 e. The van der Waals surface area contributed by atoms with Gasteiger partial charge in [0.1, 0.15) is 5.60 Å². The third kappa shape index (κ3) is 3.10. The first-order valence-corrected chi connectivity index (χ1v) is 4.93. The topological polar surface area (TPSA) is 50.4 Å². The Morgan fingerprint density at radius 3 is 2.60 bits per heavy atom. The van der Waals surface area contributed by atoms with Crippen LogP contribution in [-0.2, 0) is 9.53 Å². The van der Waals surface area contributed by atoms with Crippen molar-refractivity contribution in [3.8, 4) is 0 Å². The largest absolute Gasteiger partial charge is 0.368 e. The molecule has 15 heavy (non-hydrogen) atoms. The number of halogens is 2. The van der Waals surface area contributed by atoms with Crippen molar-refractivity contribution in [2.45, 2.75) is 24.9 Å². The van der Waals surface area contributed by atoms with E-state index in [0.29, 0.717) is 25.9 Å². The number of nitrogens with one attached hydrogen (secondary N) is 2. The number of piperidine rings is 1. The Morgan fingerprint density at radius 2 is 2.13 bits per heavy atom. The summed E-state index contributed by atoms with van der Waals surface area (Å²) in [7, 11) is 1.44. The van der Waals surface area contributed by atoms with E-state index in [1.807, 2.05) is 0 Å². The van der Waals surface area contributed by atoms with Crippen molar-refractivity contribution >= 4 is 5.91 Å². The second-order valence-corrected chi connectivity index (χ2v) is 3.55. The van der Waals surface area contributed by atoms with E-state index in [0.717, 1.165) is 0 Å². The summed E-state index contributed by atoms with van der Waals surface area (Å²) >= 11 is 0. The maximum Gasteiger partial charge on any atom is 0.255 e. The zero-order valence-corrected chi connectivity index (χ0v) is 8.69. The number of amides is 1. The van der Waals surface area contributed by atoms with Gasteiger partial charge < -0.3 is 15.4 Å². The fraction of sp³-hybridized carbons (Fsp3) is 0.889. The normalized spacial score (nSPS) is 20.3. The maximum atomic E-state index is 11.9. The highest BCUT2D eigenvalue weighted by Gasteiger charge is 2.39. The Morgan fingerprint density at radius 1 is 1.53 bits per heavy atom. The van der Waals surface area contributed by atoms with Crippen molar-refractivity contribution in [3.05, 3.63) is 0 Å². The minimum Gasteiger partial charge on any atom is -0.368 e. The van der Waals surface area contributed by atoms with Gasteiger partial charge in [-0.1, -0.05) is 0 Å². The lowest BCUT2D eigenvalue weighted by atomic mass is 9.91. The molecule has 0 aliphatic carbocycles. The lowest BCUT2D eigenvalue weighted by Crippen LogP contribution is -2.54. The van der Waals surface area contributed by atoms with Crippen LogP contribution in [0.15, 0.2) is 0 Å². The molecule has 6 heteroatoms. The van der Waals surface area contributed by atoms with Crippen LogP contribution < -0.4 is 10.6 Å². The molecule has 88 valence electrons. The second kappa shape index (κ2) is 5.37. The van der Waals surface area contributed by atoms with Crippen LogP contribution in [0, 0.1) is 0 Å². The number of alkyl halides is 2. The molecule has 0 saturated carbocycles. The van der Waals surface area contributed by atoms with Gasteiger partial charge in [0.15, 0.2) is 0 Å². The molecule has 1 fully saturated rings. The van der Waals surface area contributed by atoms with Gasteiger partial charge in [-0.2, -0.15) is 0 Å². The highest BCUT2D eigenvalue weighted by molar-refractivity contribution is 5.85. The summed E-state index contributed by atoms with van der Waals surface area (Å²) in [5.74, 6) is -0.438. The van der Waals surface area contributed by atoms with Crippen LogP contribution in [-0.4, -0.2) is 44.7 Å².